The van der Waals surface area contributed by atoms with Gasteiger partial charge in [-0.2, -0.15) is 0 Å². The third-order valence-electron chi connectivity index (χ3n) is 3.00. The van der Waals surface area contributed by atoms with Crippen molar-refractivity contribution in [1.82, 2.24) is 0 Å². The summed E-state index contributed by atoms with van der Waals surface area (Å²) in [5, 5.41) is 1.22. The van der Waals surface area contributed by atoms with Gasteiger partial charge in [0.05, 0.1) is 10.0 Å². The van der Waals surface area contributed by atoms with E-state index in [1.165, 1.54) is 19.3 Å². The number of nitrogens with two attached hydrogens (primary N) is 1. The van der Waals surface area contributed by atoms with Crippen LogP contribution in [0.15, 0.2) is 18.2 Å². The molecule has 1 saturated carbocycles. The smallest absolute Gasteiger partial charge is 0.0640 e. The van der Waals surface area contributed by atoms with Crippen molar-refractivity contribution in [3.63, 3.8) is 0 Å². The van der Waals surface area contributed by atoms with Gasteiger partial charge in [-0.1, -0.05) is 41.8 Å². The van der Waals surface area contributed by atoms with E-state index in [2.05, 4.69) is 0 Å². The Balaban J connectivity index is 2.26. The van der Waals surface area contributed by atoms with Crippen LogP contribution in [0.5, 0.6) is 0 Å². The molecule has 3 heteroatoms. The second-order valence-corrected chi connectivity index (χ2v) is 4.64. The zero-order chi connectivity index (χ0) is 10.1. The lowest BCUT2D eigenvalue weighted by molar-refractivity contribution is 0.264. The van der Waals surface area contributed by atoms with Gasteiger partial charge >= 0.3 is 0 Å². The second-order valence-electron chi connectivity index (χ2n) is 3.86. The first-order chi connectivity index (χ1) is 6.70. The van der Waals surface area contributed by atoms with Crippen molar-refractivity contribution >= 4 is 23.2 Å². The third-order valence-corrected chi connectivity index (χ3v) is 3.83. The monoisotopic (exact) mass is 229 g/mol. The lowest BCUT2D eigenvalue weighted by atomic mass is 9.77. The zero-order valence-corrected chi connectivity index (χ0v) is 9.35. The fourth-order valence-corrected chi connectivity index (χ4v) is 2.26. The van der Waals surface area contributed by atoms with Gasteiger partial charge in [0.25, 0.3) is 0 Å². The first kappa shape index (κ1) is 10.3. The molecule has 0 bridgehead atoms. The molecular formula is C11H13Cl2N. The molecule has 0 aromatic heterocycles. The maximum absolute atomic E-state index is 6.13. The Bertz CT molecular complexity index is 334. The van der Waals surface area contributed by atoms with E-state index in [1.54, 1.807) is 6.07 Å². The summed E-state index contributed by atoms with van der Waals surface area (Å²) >= 11 is 12.0. The van der Waals surface area contributed by atoms with E-state index in [4.69, 9.17) is 28.9 Å². The van der Waals surface area contributed by atoms with Crippen LogP contribution >= 0.6 is 23.2 Å². The van der Waals surface area contributed by atoms with E-state index in [1.807, 2.05) is 12.1 Å². The SMILES string of the molecule is N[C@H](c1cccc(Cl)c1Cl)C1CCC1. The van der Waals surface area contributed by atoms with Crippen molar-refractivity contribution in [1.29, 1.82) is 0 Å². The third kappa shape index (κ3) is 1.77. The van der Waals surface area contributed by atoms with Crippen LogP contribution in [-0.4, -0.2) is 0 Å². The van der Waals surface area contributed by atoms with Crippen molar-refractivity contribution in [2.45, 2.75) is 25.3 Å². The highest BCUT2D eigenvalue weighted by Crippen LogP contribution is 2.39. The Morgan fingerprint density at radius 1 is 1.29 bits per heavy atom. The van der Waals surface area contributed by atoms with E-state index in [0.717, 1.165) is 5.56 Å². The molecule has 1 fully saturated rings. The molecule has 1 aromatic rings. The van der Waals surface area contributed by atoms with Crippen molar-refractivity contribution in [2.24, 2.45) is 11.7 Å². The highest BCUT2D eigenvalue weighted by Gasteiger charge is 2.27. The lowest BCUT2D eigenvalue weighted by Gasteiger charge is -2.32. The molecule has 1 aromatic carbocycles. The van der Waals surface area contributed by atoms with E-state index < -0.39 is 0 Å². The second kappa shape index (κ2) is 4.09. The standard InChI is InChI=1S/C11H13Cl2N/c12-9-6-2-5-8(10(9)13)11(14)7-3-1-4-7/h2,5-7,11H,1,3-4,14H2/t11-/m0/s1. The molecule has 0 aliphatic heterocycles. The predicted octanol–water partition coefficient (Wildman–Crippen LogP) is 3.79. The van der Waals surface area contributed by atoms with Gasteiger partial charge in [0.2, 0.25) is 0 Å². The van der Waals surface area contributed by atoms with Crippen molar-refractivity contribution in [3.8, 4) is 0 Å². The van der Waals surface area contributed by atoms with Gasteiger partial charge in [0.15, 0.2) is 0 Å². The van der Waals surface area contributed by atoms with Gasteiger partial charge < -0.3 is 5.73 Å². The molecule has 1 aliphatic rings. The summed E-state index contributed by atoms with van der Waals surface area (Å²) in [6.45, 7) is 0. The normalized spacial score (nSPS) is 19.1. The summed E-state index contributed by atoms with van der Waals surface area (Å²) < 4.78 is 0. The first-order valence-corrected chi connectivity index (χ1v) is 5.65. The topological polar surface area (TPSA) is 26.0 Å². The Hall–Kier alpha value is -0.240. The number of rotatable bonds is 2. The fraction of sp³-hybridized carbons (Fsp3) is 0.455. The summed E-state index contributed by atoms with van der Waals surface area (Å²) in [5.41, 5.74) is 7.12. The maximum atomic E-state index is 6.13. The Morgan fingerprint density at radius 3 is 2.57 bits per heavy atom. The number of hydrogen-bond donors (Lipinski definition) is 1. The van der Waals surface area contributed by atoms with Gasteiger partial charge in [-0.05, 0) is 30.4 Å². The summed E-state index contributed by atoms with van der Waals surface area (Å²) in [6, 6.07) is 5.72. The van der Waals surface area contributed by atoms with E-state index >= 15 is 0 Å². The average Bonchev–Trinajstić information content (AvgIpc) is 2.06. The molecule has 1 nitrogen and oxygen atoms in total. The Morgan fingerprint density at radius 2 is 2.00 bits per heavy atom. The molecule has 0 spiro atoms. The molecule has 76 valence electrons. The van der Waals surface area contributed by atoms with Crippen molar-refractivity contribution in [3.05, 3.63) is 33.8 Å². The van der Waals surface area contributed by atoms with Crippen LogP contribution in [0, 0.1) is 5.92 Å². The van der Waals surface area contributed by atoms with Crippen molar-refractivity contribution in [2.75, 3.05) is 0 Å². The fourth-order valence-electron chi connectivity index (χ4n) is 1.83. The molecular weight excluding hydrogens is 217 g/mol. The predicted molar refractivity (Wildman–Crippen MR) is 60.7 cm³/mol. The van der Waals surface area contributed by atoms with Crippen LogP contribution in [0.25, 0.3) is 0 Å². The van der Waals surface area contributed by atoms with Gasteiger partial charge in [-0.3, -0.25) is 0 Å². The number of hydrogen-bond acceptors (Lipinski definition) is 1. The minimum atomic E-state index is 0.0509. The van der Waals surface area contributed by atoms with Gasteiger partial charge in [0.1, 0.15) is 0 Å². The molecule has 1 atom stereocenters. The molecule has 0 unspecified atom stereocenters. The quantitative estimate of drug-likeness (QED) is 0.821. The minimum absolute atomic E-state index is 0.0509. The summed E-state index contributed by atoms with van der Waals surface area (Å²) in [4.78, 5) is 0. The van der Waals surface area contributed by atoms with Crippen LogP contribution in [-0.2, 0) is 0 Å². The molecule has 0 heterocycles. The minimum Gasteiger partial charge on any atom is -0.324 e. The number of benzene rings is 1. The molecule has 2 N–H and O–H groups in total. The largest absolute Gasteiger partial charge is 0.324 e. The highest BCUT2D eigenvalue weighted by atomic mass is 35.5. The summed E-state index contributed by atoms with van der Waals surface area (Å²) in [7, 11) is 0. The van der Waals surface area contributed by atoms with Gasteiger partial charge in [-0.15, -0.1) is 0 Å². The lowest BCUT2D eigenvalue weighted by Crippen LogP contribution is -2.27. The molecule has 2 rings (SSSR count). The summed E-state index contributed by atoms with van der Waals surface area (Å²) in [5.74, 6) is 0.589. The average molecular weight is 230 g/mol. The molecule has 14 heavy (non-hydrogen) atoms. The van der Waals surface area contributed by atoms with E-state index in [9.17, 15) is 0 Å². The summed E-state index contributed by atoms with van der Waals surface area (Å²) in [6.07, 6.45) is 3.71. The molecule has 0 radical (unpaired) electrons. The van der Waals surface area contributed by atoms with Crippen LogP contribution in [0.2, 0.25) is 10.0 Å². The highest BCUT2D eigenvalue weighted by molar-refractivity contribution is 6.42. The molecule has 1 aliphatic carbocycles. The Kier molecular flexibility index (Phi) is 3.01. The van der Waals surface area contributed by atoms with Crippen LogP contribution in [0.1, 0.15) is 30.9 Å². The van der Waals surface area contributed by atoms with E-state index in [-0.39, 0.29) is 6.04 Å². The molecule has 0 saturated heterocycles. The maximum Gasteiger partial charge on any atom is 0.0640 e. The van der Waals surface area contributed by atoms with Gasteiger partial charge in [-0.25, -0.2) is 0 Å². The molecule has 0 amide bonds. The van der Waals surface area contributed by atoms with Crippen molar-refractivity contribution < 1.29 is 0 Å². The van der Waals surface area contributed by atoms with E-state index in [0.29, 0.717) is 16.0 Å². The first-order valence-electron chi connectivity index (χ1n) is 4.89. The van der Waals surface area contributed by atoms with Crippen LogP contribution in [0.4, 0.5) is 0 Å². The van der Waals surface area contributed by atoms with Crippen LogP contribution in [0.3, 0.4) is 0 Å². The number of halogens is 2. The van der Waals surface area contributed by atoms with Crippen LogP contribution < -0.4 is 5.73 Å². The van der Waals surface area contributed by atoms with Gasteiger partial charge in [0, 0.05) is 6.04 Å². The Labute approximate surface area is 94.2 Å². The zero-order valence-electron chi connectivity index (χ0n) is 7.84.